The summed E-state index contributed by atoms with van der Waals surface area (Å²) in [6, 6.07) is 8.31. The molecule has 2 N–H and O–H groups in total. The molecule has 0 saturated carbocycles. The average Bonchev–Trinajstić information content (AvgIpc) is 2.39. The standard InChI is InChI=1S/C15H19N3O/c1-10(2)13-6-4-5-7-14(13)19-15-17-9-12(8-16)11(3)18-15/h4-7,9-10H,8,16H2,1-3H3. The summed E-state index contributed by atoms with van der Waals surface area (Å²) in [6.07, 6.45) is 1.72. The number of nitrogens with two attached hydrogens (primary N) is 1. The van der Waals surface area contributed by atoms with Gasteiger partial charge >= 0.3 is 6.01 Å². The van der Waals surface area contributed by atoms with Gasteiger partial charge in [0.1, 0.15) is 5.75 Å². The van der Waals surface area contributed by atoms with Crippen LogP contribution in [0.4, 0.5) is 0 Å². The van der Waals surface area contributed by atoms with Gasteiger partial charge in [0.25, 0.3) is 0 Å². The Balaban J connectivity index is 2.29. The third-order valence-electron chi connectivity index (χ3n) is 3.02. The predicted molar refractivity (Wildman–Crippen MR) is 75.3 cm³/mol. The highest BCUT2D eigenvalue weighted by atomic mass is 16.5. The quantitative estimate of drug-likeness (QED) is 0.914. The Morgan fingerprint density at radius 2 is 2.00 bits per heavy atom. The molecule has 0 spiro atoms. The van der Waals surface area contributed by atoms with E-state index in [0.717, 1.165) is 22.6 Å². The van der Waals surface area contributed by atoms with Crippen LogP contribution in [0.25, 0.3) is 0 Å². The van der Waals surface area contributed by atoms with Gasteiger partial charge in [-0.1, -0.05) is 32.0 Å². The first-order chi connectivity index (χ1) is 9.11. The van der Waals surface area contributed by atoms with Gasteiger partial charge in [-0.3, -0.25) is 0 Å². The van der Waals surface area contributed by atoms with Crippen LogP contribution in [0.5, 0.6) is 11.8 Å². The fourth-order valence-electron chi connectivity index (χ4n) is 1.87. The zero-order valence-corrected chi connectivity index (χ0v) is 11.6. The normalized spacial score (nSPS) is 10.8. The smallest absolute Gasteiger partial charge is 0.322 e. The lowest BCUT2D eigenvalue weighted by Gasteiger charge is -2.12. The molecule has 1 aromatic carbocycles. The highest BCUT2D eigenvalue weighted by Gasteiger charge is 2.10. The van der Waals surface area contributed by atoms with Crippen LogP contribution in [0.1, 0.15) is 36.6 Å². The van der Waals surface area contributed by atoms with Gasteiger partial charge in [0, 0.05) is 24.0 Å². The van der Waals surface area contributed by atoms with Gasteiger partial charge in [-0.2, -0.15) is 4.98 Å². The molecular formula is C15H19N3O. The molecule has 0 atom stereocenters. The highest BCUT2D eigenvalue weighted by Crippen LogP contribution is 2.28. The number of para-hydroxylation sites is 1. The lowest BCUT2D eigenvalue weighted by Crippen LogP contribution is -2.04. The molecule has 0 aliphatic heterocycles. The minimum atomic E-state index is 0.364. The van der Waals surface area contributed by atoms with Crippen molar-refractivity contribution in [2.45, 2.75) is 33.2 Å². The maximum Gasteiger partial charge on any atom is 0.322 e. The Morgan fingerprint density at radius 1 is 1.26 bits per heavy atom. The summed E-state index contributed by atoms with van der Waals surface area (Å²) in [5.41, 5.74) is 8.53. The molecule has 0 aliphatic carbocycles. The summed E-state index contributed by atoms with van der Waals surface area (Å²) >= 11 is 0. The number of rotatable bonds is 4. The van der Waals surface area contributed by atoms with Gasteiger partial charge in [-0.05, 0) is 24.5 Å². The van der Waals surface area contributed by atoms with E-state index in [1.807, 2.05) is 25.1 Å². The van der Waals surface area contributed by atoms with E-state index in [2.05, 4.69) is 29.9 Å². The Kier molecular flexibility index (Phi) is 4.12. The number of hydrogen-bond acceptors (Lipinski definition) is 4. The molecule has 4 heteroatoms. The van der Waals surface area contributed by atoms with Gasteiger partial charge in [0.2, 0.25) is 0 Å². The molecule has 0 aliphatic rings. The molecule has 1 aromatic heterocycles. The molecule has 2 aromatic rings. The van der Waals surface area contributed by atoms with E-state index in [1.54, 1.807) is 6.20 Å². The number of ether oxygens (including phenoxy) is 1. The van der Waals surface area contributed by atoms with Crippen molar-refractivity contribution in [1.82, 2.24) is 9.97 Å². The minimum absolute atomic E-state index is 0.364. The topological polar surface area (TPSA) is 61.0 Å². The molecule has 2 rings (SSSR count). The third kappa shape index (κ3) is 3.09. The van der Waals surface area contributed by atoms with Gasteiger partial charge < -0.3 is 10.5 Å². The van der Waals surface area contributed by atoms with E-state index in [9.17, 15) is 0 Å². The largest absolute Gasteiger partial charge is 0.424 e. The molecule has 100 valence electrons. The zero-order chi connectivity index (χ0) is 13.8. The number of nitrogens with zero attached hydrogens (tertiary/aromatic N) is 2. The highest BCUT2D eigenvalue weighted by molar-refractivity contribution is 5.37. The van der Waals surface area contributed by atoms with Crippen molar-refractivity contribution in [2.24, 2.45) is 5.73 Å². The maximum atomic E-state index is 5.79. The van der Waals surface area contributed by atoms with E-state index in [1.165, 1.54) is 0 Å². The molecule has 0 amide bonds. The summed E-state index contributed by atoms with van der Waals surface area (Å²) in [5, 5.41) is 0. The Morgan fingerprint density at radius 3 is 2.63 bits per heavy atom. The van der Waals surface area contributed by atoms with Crippen LogP contribution < -0.4 is 10.5 Å². The molecule has 4 nitrogen and oxygen atoms in total. The van der Waals surface area contributed by atoms with Gasteiger partial charge in [0.05, 0.1) is 0 Å². The fourth-order valence-corrected chi connectivity index (χ4v) is 1.87. The first kappa shape index (κ1) is 13.5. The van der Waals surface area contributed by atoms with Crippen LogP contribution in [-0.2, 0) is 6.54 Å². The summed E-state index contributed by atoms with van der Waals surface area (Å²) in [5.74, 6) is 1.19. The maximum absolute atomic E-state index is 5.79. The SMILES string of the molecule is Cc1nc(Oc2ccccc2C(C)C)ncc1CN. The molecule has 1 heterocycles. The van der Waals surface area contributed by atoms with Gasteiger partial charge in [-0.25, -0.2) is 4.98 Å². The molecule has 0 bridgehead atoms. The monoisotopic (exact) mass is 257 g/mol. The summed E-state index contributed by atoms with van der Waals surface area (Å²) in [7, 11) is 0. The van der Waals surface area contributed by atoms with Crippen molar-refractivity contribution in [1.29, 1.82) is 0 Å². The number of benzene rings is 1. The van der Waals surface area contributed by atoms with E-state index < -0.39 is 0 Å². The number of aromatic nitrogens is 2. The second-order valence-electron chi connectivity index (χ2n) is 4.76. The van der Waals surface area contributed by atoms with Crippen molar-refractivity contribution in [3.05, 3.63) is 47.3 Å². The fraction of sp³-hybridized carbons (Fsp3) is 0.333. The third-order valence-corrected chi connectivity index (χ3v) is 3.02. The lowest BCUT2D eigenvalue weighted by molar-refractivity contribution is 0.432. The van der Waals surface area contributed by atoms with E-state index >= 15 is 0 Å². The van der Waals surface area contributed by atoms with Crippen LogP contribution in [0.15, 0.2) is 30.5 Å². The van der Waals surface area contributed by atoms with Crippen molar-refractivity contribution in [3.8, 4) is 11.8 Å². The zero-order valence-electron chi connectivity index (χ0n) is 11.6. The molecule has 0 saturated heterocycles. The average molecular weight is 257 g/mol. The van der Waals surface area contributed by atoms with Crippen molar-refractivity contribution in [2.75, 3.05) is 0 Å². The summed E-state index contributed by atoms with van der Waals surface area (Å²) in [4.78, 5) is 8.52. The molecule has 19 heavy (non-hydrogen) atoms. The predicted octanol–water partition coefficient (Wildman–Crippen LogP) is 3.16. The lowest BCUT2D eigenvalue weighted by atomic mass is 10.0. The molecule has 0 unspecified atom stereocenters. The van der Waals surface area contributed by atoms with Gasteiger partial charge in [-0.15, -0.1) is 0 Å². The summed E-state index contributed by atoms with van der Waals surface area (Å²) < 4.78 is 5.79. The summed E-state index contributed by atoms with van der Waals surface area (Å²) in [6.45, 7) is 6.61. The molecule has 0 fully saturated rings. The van der Waals surface area contributed by atoms with Crippen LogP contribution in [0, 0.1) is 6.92 Å². The Hall–Kier alpha value is -1.94. The minimum Gasteiger partial charge on any atom is -0.424 e. The van der Waals surface area contributed by atoms with Gasteiger partial charge in [0.15, 0.2) is 0 Å². The second kappa shape index (κ2) is 5.80. The van der Waals surface area contributed by atoms with Crippen molar-refractivity contribution in [3.63, 3.8) is 0 Å². The van der Waals surface area contributed by atoms with Crippen LogP contribution in [-0.4, -0.2) is 9.97 Å². The molecule has 0 radical (unpaired) electrons. The van der Waals surface area contributed by atoms with Crippen molar-refractivity contribution >= 4 is 0 Å². The Bertz CT molecular complexity index is 567. The van der Waals surface area contributed by atoms with Crippen LogP contribution in [0.3, 0.4) is 0 Å². The number of hydrogen-bond donors (Lipinski definition) is 1. The Labute approximate surface area is 113 Å². The van der Waals surface area contributed by atoms with E-state index in [4.69, 9.17) is 10.5 Å². The van der Waals surface area contributed by atoms with Crippen molar-refractivity contribution < 1.29 is 4.74 Å². The molecular weight excluding hydrogens is 238 g/mol. The van der Waals surface area contributed by atoms with Crippen LogP contribution >= 0.6 is 0 Å². The van der Waals surface area contributed by atoms with E-state index in [-0.39, 0.29) is 0 Å². The number of aryl methyl sites for hydroxylation is 1. The first-order valence-electron chi connectivity index (χ1n) is 6.41. The second-order valence-corrected chi connectivity index (χ2v) is 4.76. The van der Waals surface area contributed by atoms with E-state index in [0.29, 0.717) is 18.5 Å². The first-order valence-corrected chi connectivity index (χ1v) is 6.41. The van der Waals surface area contributed by atoms with Crippen LogP contribution in [0.2, 0.25) is 0 Å².